The van der Waals surface area contributed by atoms with E-state index in [4.69, 9.17) is 4.74 Å². The number of nitrogens with one attached hydrogen (secondary N) is 1. The predicted molar refractivity (Wildman–Crippen MR) is 125 cm³/mol. The van der Waals surface area contributed by atoms with Gasteiger partial charge >= 0.3 is 12.1 Å². The highest BCUT2D eigenvalue weighted by Crippen LogP contribution is 2.43. The highest BCUT2D eigenvalue weighted by Gasteiger charge is 2.30. The summed E-state index contributed by atoms with van der Waals surface area (Å²) in [6.45, 7) is 2.38. The van der Waals surface area contributed by atoms with Crippen molar-refractivity contribution in [2.45, 2.75) is 32.3 Å². The summed E-state index contributed by atoms with van der Waals surface area (Å²) in [7, 11) is 1.69. The maximum Gasteiger partial charge on any atom is 0.407 e. The molecule has 2 N–H and O–H groups in total. The Morgan fingerprint density at radius 3 is 2.62 bits per heavy atom. The molecule has 0 spiro atoms. The van der Waals surface area contributed by atoms with Crippen molar-refractivity contribution in [1.82, 2.24) is 9.72 Å². The van der Waals surface area contributed by atoms with E-state index >= 15 is 4.39 Å². The lowest BCUT2D eigenvalue weighted by Gasteiger charge is -2.24. The lowest BCUT2D eigenvalue weighted by molar-refractivity contribution is 0.0694. The van der Waals surface area contributed by atoms with Crippen LogP contribution in [0.15, 0.2) is 47.4 Å². The van der Waals surface area contributed by atoms with Gasteiger partial charge in [0, 0.05) is 20.1 Å². The van der Waals surface area contributed by atoms with Gasteiger partial charge in [-0.25, -0.2) is 14.0 Å². The molecular formula is C25H26FN3O5. The number of rotatable bonds is 8. The number of aryl methyl sites for hydroxylation is 1. The van der Waals surface area contributed by atoms with Gasteiger partial charge in [-0.1, -0.05) is 30.3 Å². The number of halogens is 1. The average Bonchev–Trinajstić information content (AvgIpc) is 3.64. The number of alkyl carbamates (subject to hydrolysis) is 1. The third kappa shape index (κ3) is 4.73. The molecule has 2 heterocycles. The molecule has 178 valence electrons. The van der Waals surface area contributed by atoms with Gasteiger partial charge in [0.25, 0.3) is 5.56 Å². The zero-order valence-corrected chi connectivity index (χ0v) is 19.0. The van der Waals surface area contributed by atoms with Crippen LogP contribution < -0.4 is 15.8 Å². The average molecular weight is 467 g/mol. The van der Waals surface area contributed by atoms with Gasteiger partial charge in [0.05, 0.1) is 17.4 Å². The first-order valence-electron chi connectivity index (χ1n) is 11.0. The molecule has 0 radical (unpaired) electrons. The highest BCUT2D eigenvalue weighted by atomic mass is 19.1. The minimum Gasteiger partial charge on any atom is -0.477 e. The second-order valence-electron chi connectivity index (χ2n) is 8.48. The first-order chi connectivity index (χ1) is 16.3. The number of benzene rings is 1. The Bertz CT molecular complexity index is 1300. The molecule has 0 bridgehead atoms. The fourth-order valence-corrected chi connectivity index (χ4v) is 4.18. The van der Waals surface area contributed by atoms with E-state index in [9.17, 15) is 19.5 Å². The van der Waals surface area contributed by atoms with Crippen molar-refractivity contribution in [2.75, 3.05) is 25.0 Å². The van der Waals surface area contributed by atoms with E-state index in [1.165, 1.54) is 6.07 Å². The Morgan fingerprint density at radius 2 is 1.97 bits per heavy atom. The number of hydrogen-bond donors (Lipinski definition) is 2. The van der Waals surface area contributed by atoms with Crippen molar-refractivity contribution in [1.29, 1.82) is 0 Å². The largest absolute Gasteiger partial charge is 0.477 e. The van der Waals surface area contributed by atoms with Crippen molar-refractivity contribution < 1.29 is 23.8 Å². The van der Waals surface area contributed by atoms with E-state index in [1.54, 1.807) is 18.9 Å². The lowest BCUT2D eigenvalue weighted by atomic mass is 10.0. The molecule has 1 amide bonds. The summed E-state index contributed by atoms with van der Waals surface area (Å²) >= 11 is 0. The van der Waals surface area contributed by atoms with E-state index in [-0.39, 0.29) is 24.6 Å². The Labute approximate surface area is 195 Å². The van der Waals surface area contributed by atoms with Crippen LogP contribution in [0.25, 0.3) is 5.52 Å². The van der Waals surface area contributed by atoms with Crippen molar-refractivity contribution in [3.05, 3.63) is 81.0 Å². The summed E-state index contributed by atoms with van der Waals surface area (Å²) in [5, 5.41) is 12.1. The van der Waals surface area contributed by atoms with Gasteiger partial charge in [0.15, 0.2) is 5.82 Å². The first-order valence-corrected chi connectivity index (χ1v) is 11.0. The second kappa shape index (κ2) is 9.54. The number of nitrogens with zero attached hydrogens (tertiary/aromatic N) is 2. The molecule has 8 nitrogen and oxygen atoms in total. The normalized spacial score (nSPS) is 13.0. The van der Waals surface area contributed by atoms with Gasteiger partial charge in [0.2, 0.25) is 0 Å². The molecule has 0 aliphatic heterocycles. The van der Waals surface area contributed by atoms with Crippen molar-refractivity contribution in [2.24, 2.45) is 0 Å². The Hall–Kier alpha value is -3.88. The minimum atomic E-state index is -1.33. The molecule has 34 heavy (non-hydrogen) atoms. The van der Waals surface area contributed by atoms with Crippen LogP contribution in [0, 0.1) is 12.7 Å². The zero-order chi connectivity index (χ0) is 24.4. The second-order valence-corrected chi connectivity index (χ2v) is 8.48. The third-order valence-electron chi connectivity index (χ3n) is 6.00. The molecule has 1 aliphatic rings. The van der Waals surface area contributed by atoms with Crippen molar-refractivity contribution in [3.8, 4) is 0 Å². The summed E-state index contributed by atoms with van der Waals surface area (Å²) in [4.78, 5) is 37.9. The van der Waals surface area contributed by atoms with Gasteiger partial charge in [0.1, 0.15) is 12.2 Å². The van der Waals surface area contributed by atoms with Crippen LogP contribution in [0.1, 0.15) is 45.8 Å². The molecule has 1 saturated carbocycles. The molecule has 1 aromatic carbocycles. The van der Waals surface area contributed by atoms with Crippen LogP contribution in [0.5, 0.6) is 0 Å². The molecule has 0 unspecified atom stereocenters. The minimum absolute atomic E-state index is 0.150. The number of aromatic nitrogens is 1. The molecular weight excluding hydrogens is 441 g/mol. The summed E-state index contributed by atoms with van der Waals surface area (Å²) in [5.41, 5.74) is 1.87. The number of anilines is 1. The number of pyridine rings is 2. The maximum atomic E-state index is 15.1. The number of carboxylic acid groups (broad SMARTS) is 1. The fourth-order valence-electron chi connectivity index (χ4n) is 4.18. The lowest BCUT2D eigenvalue weighted by Crippen LogP contribution is -2.34. The number of amides is 1. The molecule has 4 rings (SSSR count). The SMILES string of the molecule is Cc1c(N(C)CCNC(=O)OCc2ccccc2)c(F)cn2c(=O)c(C(=O)O)cc(C3CC3)c12. The number of aromatic carboxylic acids is 1. The maximum absolute atomic E-state index is 15.1. The molecule has 0 saturated heterocycles. The monoisotopic (exact) mass is 467 g/mol. The van der Waals surface area contributed by atoms with Crippen LogP contribution in [-0.4, -0.2) is 41.7 Å². The molecule has 3 aromatic rings. The number of fused-ring (bicyclic) bond motifs is 1. The molecule has 9 heteroatoms. The Kier molecular flexibility index (Phi) is 6.54. The van der Waals surface area contributed by atoms with Gasteiger partial charge in [-0.15, -0.1) is 0 Å². The van der Waals surface area contributed by atoms with Crippen molar-refractivity contribution >= 4 is 23.3 Å². The first kappa shape index (κ1) is 23.3. The fraction of sp³-hybridized carbons (Fsp3) is 0.320. The van der Waals surface area contributed by atoms with Crippen molar-refractivity contribution in [3.63, 3.8) is 0 Å². The van der Waals surface area contributed by atoms with E-state index in [2.05, 4.69) is 5.32 Å². The number of ether oxygens (including phenoxy) is 1. The summed E-state index contributed by atoms with van der Waals surface area (Å²) < 4.78 is 21.4. The Morgan fingerprint density at radius 1 is 1.26 bits per heavy atom. The number of carboxylic acids is 1. The smallest absolute Gasteiger partial charge is 0.407 e. The van der Waals surface area contributed by atoms with Crippen LogP contribution in [0.4, 0.5) is 14.9 Å². The van der Waals surface area contributed by atoms with Crippen LogP contribution in [0.3, 0.4) is 0 Å². The number of hydrogen-bond acceptors (Lipinski definition) is 5. The van der Waals surface area contributed by atoms with Gasteiger partial charge in [-0.2, -0.15) is 0 Å². The predicted octanol–water partition coefficient (Wildman–Crippen LogP) is 3.69. The zero-order valence-electron chi connectivity index (χ0n) is 19.0. The molecule has 1 aliphatic carbocycles. The van der Waals surface area contributed by atoms with E-state index in [0.717, 1.165) is 34.6 Å². The van der Waals surface area contributed by atoms with Crippen LogP contribution in [-0.2, 0) is 11.3 Å². The number of carbonyl (C=O) groups excluding carboxylic acids is 1. The van der Waals surface area contributed by atoms with Gasteiger partial charge in [-0.05, 0) is 48.4 Å². The van der Waals surface area contributed by atoms with Gasteiger partial charge < -0.3 is 20.1 Å². The quantitative estimate of drug-likeness (QED) is 0.524. The van der Waals surface area contributed by atoms with E-state index < -0.39 is 23.4 Å². The number of carbonyl (C=O) groups is 2. The highest BCUT2D eigenvalue weighted by molar-refractivity contribution is 5.89. The van der Waals surface area contributed by atoms with E-state index in [0.29, 0.717) is 23.3 Å². The Balaban J connectivity index is 1.51. The summed E-state index contributed by atoms with van der Waals surface area (Å²) in [6.07, 6.45) is 2.27. The topological polar surface area (TPSA) is 100 Å². The molecule has 0 atom stereocenters. The van der Waals surface area contributed by atoms with Gasteiger partial charge in [-0.3, -0.25) is 9.20 Å². The molecule has 2 aromatic heterocycles. The molecule has 1 fully saturated rings. The summed E-state index contributed by atoms with van der Waals surface area (Å²) in [6, 6.07) is 10.7. The van der Waals surface area contributed by atoms with Crippen LogP contribution in [0.2, 0.25) is 0 Å². The number of likely N-dealkylation sites (N-methyl/N-ethyl adjacent to an activating group) is 1. The summed E-state index contributed by atoms with van der Waals surface area (Å²) in [5.74, 6) is -1.83. The van der Waals surface area contributed by atoms with E-state index in [1.807, 2.05) is 30.3 Å². The third-order valence-corrected chi connectivity index (χ3v) is 6.00. The van der Waals surface area contributed by atoms with Crippen LogP contribution >= 0.6 is 0 Å². The standard InChI is InChI=1S/C25H26FN3O5/c1-15-21-18(17-8-9-17)12-19(24(31)32)23(30)29(21)13-20(26)22(15)28(2)11-10-27-25(33)34-14-16-6-4-3-5-7-16/h3-7,12-13,17H,8-11,14H2,1-2H3,(H,27,33)(H,31,32).